The predicted molar refractivity (Wildman–Crippen MR) is 81.6 cm³/mol. The lowest BCUT2D eigenvalue weighted by atomic mass is 10.1. The Morgan fingerprint density at radius 1 is 1.23 bits per heavy atom. The summed E-state index contributed by atoms with van der Waals surface area (Å²) in [6.45, 7) is 1.68. The summed E-state index contributed by atoms with van der Waals surface area (Å²) in [6, 6.07) is 15.1. The molecule has 2 rings (SSSR count). The van der Waals surface area contributed by atoms with Crippen molar-refractivity contribution in [2.45, 2.75) is 13.0 Å². The van der Waals surface area contributed by atoms with Crippen LogP contribution in [0.15, 0.2) is 54.6 Å². The predicted octanol–water partition coefficient (Wildman–Crippen LogP) is 2.85. The molecule has 6 nitrogen and oxygen atoms in total. The van der Waals surface area contributed by atoms with E-state index in [0.717, 1.165) is 5.56 Å². The largest absolute Gasteiger partial charge is 0.484 e. The SMILES string of the molecule is CC(NC(=O)COc1cccc([N+](=O)[O-])c1)c1ccccc1. The molecule has 22 heavy (non-hydrogen) atoms. The first-order chi connectivity index (χ1) is 10.6. The number of rotatable bonds is 6. The van der Waals surface area contributed by atoms with Gasteiger partial charge in [-0.05, 0) is 18.6 Å². The molecule has 0 saturated heterocycles. The van der Waals surface area contributed by atoms with Gasteiger partial charge >= 0.3 is 0 Å². The fourth-order valence-corrected chi connectivity index (χ4v) is 1.94. The van der Waals surface area contributed by atoms with Crippen LogP contribution in [0.25, 0.3) is 0 Å². The Kier molecular flexibility index (Phi) is 5.08. The van der Waals surface area contributed by atoms with Crippen molar-refractivity contribution in [3.05, 3.63) is 70.3 Å². The van der Waals surface area contributed by atoms with Gasteiger partial charge < -0.3 is 10.1 Å². The number of amides is 1. The fraction of sp³-hybridized carbons (Fsp3) is 0.188. The van der Waals surface area contributed by atoms with Crippen molar-refractivity contribution in [2.75, 3.05) is 6.61 Å². The molecule has 1 unspecified atom stereocenters. The standard InChI is InChI=1S/C16H16N2O4/c1-12(13-6-3-2-4-7-13)17-16(19)11-22-15-9-5-8-14(10-15)18(20)21/h2-10,12H,11H2,1H3,(H,17,19). The second-order valence-corrected chi connectivity index (χ2v) is 4.74. The first-order valence-electron chi connectivity index (χ1n) is 6.78. The maximum absolute atomic E-state index is 11.8. The number of nitrogens with zero attached hydrogens (tertiary/aromatic N) is 1. The van der Waals surface area contributed by atoms with Crippen LogP contribution in [0.2, 0.25) is 0 Å². The van der Waals surface area contributed by atoms with E-state index in [1.165, 1.54) is 18.2 Å². The molecule has 0 aliphatic heterocycles. The Bertz CT molecular complexity index is 658. The highest BCUT2D eigenvalue weighted by Crippen LogP contribution is 2.19. The highest BCUT2D eigenvalue weighted by molar-refractivity contribution is 5.78. The van der Waals surface area contributed by atoms with Gasteiger partial charge in [0.2, 0.25) is 0 Å². The van der Waals surface area contributed by atoms with Gasteiger partial charge in [0.25, 0.3) is 11.6 Å². The van der Waals surface area contributed by atoms with Gasteiger partial charge in [-0.15, -0.1) is 0 Å². The van der Waals surface area contributed by atoms with E-state index in [9.17, 15) is 14.9 Å². The summed E-state index contributed by atoms with van der Waals surface area (Å²) in [5.41, 5.74) is 0.918. The minimum Gasteiger partial charge on any atom is -0.484 e. The molecule has 2 aromatic rings. The molecular formula is C16H16N2O4. The summed E-state index contributed by atoms with van der Waals surface area (Å²) < 4.78 is 5.28. The van der Waals surface area contributed by atoms with E-state index < -0.39 is 4.92 Å². The third-order valence-corrected chi connectivity index (χ3v) is 3.08. The van der Waals surface area contributed by atoms with E-state index in [-0.39, 0.29) is 30.0 Å². The molecule has 6 heteroatoms. The van der Waals surface area contributed by atoms with Gasteiger partial charge in [-0.25, -0.2) is 0 Å². The van der Waals surface area contributed by atoms with Crippen LogP contribution in [0.4, 0.5) is 5.69 Å². The monoisotopic (exact) mass is 300 g/mol. The highest BCUT2D eigenvalue weighted by Gasteiger charge is 2.11. The van der Waals surface area contributed by atoms with Crippen molar-refractivity contribution in [2.24, 2.45) is 0 Å². The molecule has 0 spiro atoms. The number of hydrogen-bond acceptors (Lipinski definition) is 4. The second-order valence-electron chi connectivity index (χ2n) is 4.74. The molecular weight excluding hydrogens is 284 g/mol. The number of ether oxygens (including phenoxy) is 1. The summed E-state index contributed by atoms with van der Waals surface area (Å²) in [7, 11) is 0. The van der Waals surface area contributed by atoms with Gasteiger partial charge in [0, 0.05) is 6.07 Å². The maximum atomic E-state index is 11.8. The third-order valence-electron chi connectivity index (χ3n) is 3.08. The molecule has 0 radical (unpaired) electrons. The molecule has 0 aromatic heterocycles. The molecule has 1 amide bonds. The molecule has 0 heterocycles. The first kappa shape index (κ1) is 15.5. The number of nitro benzene ring substituents is 1. The smallest absolute Gasteiger partial charge is 0.273 e. The molecule has 114 valence electrons. The van der Waals surface area contributed by atoms with Crippen LogP contribution < -0.4 is 10.1 Å². The molecule has 0 aliphatic carbocycles. The number of nitro groups is 1. The van der Waals surface area contributed by atoms with E-state index in [2.05, 4.69) is 5.32 Å². The van der Waals surface area contributed by atoms with E-state index in [1.807, 2.05) is 37.3 Å². The lowest BCUT2D eigenvalue weighted by Gasteiger charge is -2.14. The van der Waals surface area contributed by atoms with Crippen LogP contribution in [-0.2, 0) is 4.79 Å². The summed E-state index contributed by atoms with van der Waals surface area (Å²) >= 11 is 0. The van der Waals surface area contributed by atoms with Crippen molar-refractivity contribution in [3.8, 4) is 5.75 Å². The van der Waals surface area contributed by atoms with Crippen molar-refractivity contribution < 1.29 is 14.5 Å². The Labute approximate surface area is 127 Å². The van der Waals surface area contributed by atoms with Crippen molar-refractivity contribution >= 4 is 11.6 Å². The zero-order valence-corrected chi connectivity index (χ0v) is 12.1. The Morgan fingerprint density at radius 3 is 2.64 bits per heavy atom. The first-order valence-corrected chi connectivity index (χ1v) is 6.78. The Morgan fingerprint density at radius 2 is 1.95 bits per heavy atom. The molecule has 0 bridgehead atoms. The minimum atomic E-state index is -0.510. The fourth-order valence-electron chi connectivity index (χ4n) is 1.94. The van der Waals surface area contributed by atoms with Crippen LogP contribution in [0, 0.1) is 10.1 Å². The molecule has 0 saturated carbocycles. The third kappa shape index (κ3) is 4.31. The summed E-state index contributed by atoms with van der Waals surface area (Å²) in [5.74, 6) is -0.000395. The second kappa shape index (κ2) is 7.21. The Hall–Kier alpha value is -2.89. The lowest BCUT2D eigenvalue weighted by Crippen LogP contribution is -2.31. The molecule has 0 fully saturated rings. The van der Waals surface area contributed by atoms with E-state index in [4.69, 9.17) is 4.74 Å². The number of non-ortho nitro benzene ring substituents is 1. The Balaban J connectivity index is 1.88. The lowest BCUT2D eigenvalue weighted by molar-refractivity contribution is -0.384. The highest BCUT2D eigenvalue weighted by atomic mass is 16.6. The van der Waals surface area contributed by atoms with Gasteiger partial charge in [-0.2, -0.15) is 0 Å². The number of carbonyl (C=O) groups is 1. The number of benzene rings is 2. The average Bonchev–Trinajstić information content (AvgIpc) is 2.54. The van der Waals surface area contributed by atoms with Gasteiger partial charge in [0.05, 0.1) is 17.0 Å². The maximum Gasteiger partial charge on any atom is 0.273 e. The van der Waals surface area contributed by atoms with E-state index >= 15 is 0 Å². The number of carbonyl (C=O) groups excluding carboxylic acids is 1. The van der Waals surface area contributed by atoms with Gasteiger partial charge in [-0.3, -0.25) is 14.9 Å². The van der Waals surface area contributed by atoms with Crippen LogP contribution in [-0.4, -0.2) is 17.4 Å². The van der Waals surface area contributed by atoms with Crippen LogP contribution in [0.3, 0.4) is 0 Å². The van der Waals surface area contributed by atoms with Gasteiger partial charge in [-0.1, -0.05) is 36.4 Å². The van der Waals surface area contributed by atoms with Gasteiger partial charge in [0.15, 0.2) is 6.61 Å². The molecule has 1 atom stereocenters. The quantitative estimate of drug-likeness (QED) is 0.657. The van der Waals surface area contributed by atoms with E-state index in [1.54, 1.807) is 6.07 Å². The summed E-state index contributed by atoms with van der Waals surface area (Å²) in [6.07, 6.45) is 0. The van der Waals surface area contributed by atoms with E-state index in [0.29, 0.717) is 0 Å². The minimum absolute atomic E-state index is 0.0736. The zero-order chi connectivity index (χ0) is 15.9. The van der Waals surface area contributed by atoms with Crippen molar-refractivity contribution in [1.29, 1.82) is 0 Å². The summed E-state index contributed by atoms with van der Waals surface area (Å²) in [5, 5.41) is 13.5. The zero-order valence-electron chi connectivity index (χ0n) is 12.1. The van der Waals surface area contributed by atoms with Gasteiger partial charge in [0.1, 0.15) is 5.75 Å². The summed E-state index contributed by atoms with van der Waals surface area (Å²) in [4.78, 5) is 22.0. The molecule has 1 N–H and O–H groups in total. The average molecular weight is 300 g/mol. The van der Waals surface area contributed by atoms with Crippen LogP contribution >= 0.6 is 0 Å². The number of hydrogen-bond donors (Lipinski definition) is 1. The normalized spacial score (nSPS) is 11.5. The van der Waals surface area contributed by atoms with Crippen molar-refractivity contribution in [1.82, 2.24) is 5.32 Å². The molecule has 0 aliphatic rings. The molecule has 2 aromatic carbocycles. The topological polar surface area (TPSA) is 81.5 Å². The number of nitrogens with one attached hydrogen (secondary N) is 1. The van der Waals surface area contributed by atoms with Crippen molar-refractivity contribution in [3.63, 3.8) is 0 Å². The van der Waals surface area contributed by atoms with Crippen LogP contribution in [0.5, 0.6) is 5.75 Å². The van der Waals surface area contributed by atoms with Crippen LogP contribution in [0.1, 0.15) is 18.5 Å².